The number of alkyl halides is 5. The van der Waals surface area contributed by atoms with Gasteiger partial charge in [0.2, 0.25) is 6.93 Å². The third kappa shape index (κ3) is 27.0. The number of hydrogen-bond acceptors (Lipinski definition) is 4. The van der Waals surface area contributed by atoms with Gasteiger partial charge in [0.05, 0.1) is 33.3 Å². The number of carbonyl (C=O) groups is 3. The molecule has 0 aromatic carbocycles. The summed E-state index contributed by atoms with van der Waals surface area (Å²) in [5, 5.41) is 3.98. The van der Waals surface area contributed by atoms with Gasteiger partial charge < -0.3 is 36.8 Å². The molecule has 0 spiro atoms. The standard InChI is InChI=1S/C22H37F4N3O4.CH2F2.BrH/c1-3-19(30)33-18-10-8-6-4-5-7-9-15-29(2,17-12-14-28-21(23)32)16-11-13-27-20(31)22(24,25)26;2-1-3;/h3H,1,4-18H2,2H3,(H-,27,28,31,32);1H2;1H. The second-order valence-electron chi connectivity index (χ2n) is 8.40. The monoisotopic (exact) mass is 615 g/mol. The molecule has 0 radical (unpaired) electrons. The number of quaternary nitrogens is 1. The smallest absolute Gasteiger partial charge is 0.471 e. The van der Waals surface area contributed by atoms with Crippen LogP contribution in [0.25, 0.3) is 0 Å². The van der Waals surface area contributed by atoms with Crippen molar-refractivity contribution in [2.45, 2.75) is 64.0 Å². The van der Waals surface area contributed by atoms with Crippen LogP contribution in [-0.4, -0.2) is 82.0 Å². The molecule has 0 aliphatic heterocycles. The molecule has 0 aliphatic carbocycles. The molecule has 0 saturated heterocycles. The Morgan fingerprint density at radius 2 is 1.27 bits per heavy atom. The SMILES string of the molecule is C=CC(=O)OCCCCCCCCC[N+](C)(CCCNC(=O)F)CCCNC(=O)C(F)(F)F.FCF.[Br-]. The van der Waals surface area contributed by atoms with Crippen LogP contribution in [0.4, 0.5) is 31.1 Å². The molecular formula is C23H40BrF6N3O4. The fourth-order valence-corrected chi connectivity index (χ4v) is 3.46. The molecule has 0 aromatic heterocycles. The van der Waals surface area contributed by atoms with Crippen molar-refractivity contribution in [3.8, 4) is 0 Å². The predicted molar refractivity (Wildman–Crippen MR) is 124 cm³/mol. The zero-order valence-electron chi connectivity index (χ0n) is 21.3. The second-order valence-corrected chi connectivity index (χ2v) is 8.40. The van der Waals surface area contributed by atoms with Crippen LogP contribution in [-0.2, 0) is 14.3 Å². The Labute approximate surface area is 225 Å². The lowest BCUT2D eigenvalue weighted by Gasteiger charge is -2.35. The summed E-state index contributed by atoms with van der Waals surface area (Å²) in [7, 11) is 1.98. The average molecular weight is 616 g/mol. The highest BCUT2D eigenvalue weighted by Gasteiger charge is 2.38. The van der Waals surface area contributed by atoms with Crippen molar-refractivity contribution in [2.24, 2.45) is 0 Å². The number of rotatable bonds is 19. The number of halogens is 7. The Hall–Kier alpha value is -1.83. The maximum Gasteiger partial charge on any atom is 0.471 e. The van der Waals surface area contributed by atoms with E-state index in [1.807, 2.05) is 12.4 Å². The number of hydrogen-bond donors (Lipinski definition) is 2. The lowest BCUT2D eigenvalue weighted by Crippen LogP contribution is -3.00. The Morgan fingerprint density at radius 1 is 0.838 bits per heavy atom. The van der Waals surface area contributed by atoms with Crippen molar-refractivity contribution >= 4 is 18.0 Å². The zero-order valence-corrected chi connectivity index (χ0v) is 22.9. The van der Waals surface area contributed by atoms with E-state index in [-0.39, 0.29) is 30.1 Å². The molecule has 0 aromatic rings. The van der Waals surface area contributed by atoms with Crippen LogP contribution in [0.1, 0.15) is 57.8 Å². The molecule has 1 atom stereocenters. The summed E-state index contributed by atoms with van der Waals surface area (Å²) in [5.74, 6) is -2.35. The lowest BCUT2D eigenvalue weighted by molar-refractivity contribution is -0.910. The van der Waals surface area contributed by atoms with Crippen molar-refractivity contribution in [3.05, 3.63) is 12.7 Å². The highest BCUT2D eigenvalue weighted by molar-refractivity contribution is 5.81. The molecule has 220 valence electrons. The summed E-state index contributed by atoms with van der Waals surface area (Å²) in [6.45, 7) is 4.09. The van der Waals surface area contributed by atoms with Gasteiger partial charge in [0, 0.05) is 32.0 Å². The summed E-state index contributed by atoms with van der Waals surface area (Å²) in [6, 6.07) is 0. The van der Waals surface area contributed by atoms with Crippen LogP contribution in [0.2, 0.25) is 0 Å². The van der Waals surface area contributed by atoms with Gasteiger partial charge in [-0.05, 0) is 19.3 Å². The number of ether oxygens (including phenoxy) is 1. The highest BCUT2D eigenvalue weighted by Crippen LogP contribution is 2.15. The van der Waals surface area contributed by atoms with Gasteiger partial charge in [-0.1, -0.05) is 32.3 Å². The van der Waals surface area contributed by atoms with Gasteiger partial charge in [0.25, 0.3) is 0 Å². The van der Waals surface area contributed by atoms with Crippen molar-refractivity contribution in [2.75, 3.05) is 53.3 Å². The van der Waals surface area contributed by atoms with Crippen molar-refractivity contribution in [3.63, 3.8) is 0 Å². The Bertz CT molecular complexity index is 630. The Balaban J connectivity index is -0.00000274. The van der Waals surface area contributed by atoms with E-state index < -0.39 is 31.1 Å². The molecule has 0 rings (SSSR count). The molecule has 14 heteroatoms. The minimum absolute atomic E-state index is 0. The van der Waals surface area contributed by atoms with Gasteiger partial charge in [0.15, 0.2) is 0 Å². The molecule has 37 heavy (non-hydrogen) atoms. The van der Waals surface area contributed by atoms with Gasteiger partial charge in [-0.3, -0.25) is 4.79 Å². The molecule has 0 saturated carbocycles. The van der Waals surface area contributed by atoms with Crippen LogP contribution >= 0.6 is 0 Å². The van der Waals surface area contributed by atoms with Crippen LogP contribution < -0.4 is 27.6 Å². The number of amides is 2. The fourth-order valence-electron chi connectivity index (χ4n) is 3.46. The van der Waals surface area contributed by atoms with Gasteiger partial charge in [-0.15, -0.1) is 4.39 Å². The molecule has 1 unspecified atom stereocenters. The number of unbranched alkanes of at least 4 members (excludes halogenated alkanes) is 6. The average Bonchev–Trinajstić information content (AvgIpc) is 2.80. The van der Waals surface area contributed by atoms with E-state index in [0.29, 0.717) is 37.0 Å². The van der Waals surface area contributed by atoms with E-state index in [0.717, 1.165) is 57.6 Å². The van der Waals surface area contributed by atoms with Crippen LogP contribution in [0.15, 0.2) is 12.7 Å². The van der Waals surface area contributed by atoms with Crippen molar-refractivity contribution < 1.29 is 66.9 Å². The second kappa shape index (κ2) is 24.5. The third-order valence-corrected chi connectivity index (χ3v) is 5.31. The van der Waals surface area contributed by atoms with Gasteiger partial charge in [-0.2, -0.15) is 13.2 Å². The highest BCUT2D eigenvalue weighted by atomic mass is 79.9. The summed E-state index contributed by atoms with van der Waals surface area (Å²) >= 11 is 0. The predicted octanol–water partition coefficient (Wildman–Crippen LogP) is 1.92. The lowest BCUT2D eigenvalue weighted by atomic mass is 10.1. The fraction of sp³-hybridized carbons (Fsp3) is 0.783. The van der Waals surface area contributed by atoms with Crippen LogP contribution in [0.5, 0.6) is 0 Å². The first kappa shape index (κ1) is 39.7. The first-order chi connectivity index (χ1) is 16.9. The van der Waals surface area contributed by atoms with Crippen molar-refractivity contribution in [1.82, 2.24) is 10.6 Å². The molecule has 2 N–H and O–H groups in total. The zero-order chi connectivity index (χ0) is 27.9. The van der Waals surface area contributed by atoms with E-state index in [1.54, 1.807) is 0 Å². The molecule has 7 nitrogen and oxygen atoms in total. The Kier molecular flexibility index (Phi) is 26.3. The first-order valence-electron chi connectivity index (χ1n) is 11.9. The number of carbonyl (C=O) groups excluding carboxylic acids is 3. The molecule has 0 bridgehead atoms. The number of nitrogens with one attached hydrogen (secondary N) is 2. The molecular weight excluding hydrogens is 576 g/mol. The summed E-state index contributed by atoms with van der Waals surface area (Å²) in [6.07, 6.45) is 2.46. The quantitative estimate of drug-likeness (QED) is 0.0442. The molecule has 0 aliphatic rings. The third-order valence-electron chi connectivity index (χ3n) is 5.31. The van der Waals surface area contributed by atoms with Gasteiger partial charge in [-0.25, -0.2) is 18.4 Å². The van der Waals surface area contributed by atoms with E-state index in [4.69, 9.17) is 4.74 Å². The van der Waals surface area contributed by atoms with Crippen LogP contribution in [0, 0.1) is 0 Å². The molecule has 2 amide bonds. The molecule has 0 heterocycles. The number of nitrogens with zero attached hydrogens (tertiary/aromatic N) is 1. The minimum Gasteiger partial charge on any atom is -1.00 e. The van der Waals surface area contributed by atoms with E-state index in [2.05, 4.69) is 11.9 Å². The normalized spacial score (nSPS) is 12.2. The maximum atomic E-state index is 12.3. The summed E-state index contributed by atoms with van der Waals surface area (Å²) < 4.78 is 73.9. The van der Waals surface area contributed by atoms with E-state index in [1.165, 1.54) is 0 Å². The van der Waals surface area contributed by atoms with Gasteiger partial charge >= 0.3 is 24.2 Å². The first-order valence-corrected chi connectivity index (χ1v) is 11.9. The number of esters is 1. The van der Waals surface area contributed by atoms with E-state index >= 15 is 0 Å². The van der Waals surface area contributed by atoms with Gasteiger partial charge in [0.1, 0.15) is 0 Å². The maximum absolute atomic E-state index is 12.3. The van der Waals surface area contributed by atoms with Crippen molar-refractivity contribution in [1.29, 1.82) is 0 Å². The van der Waals surface area contributed by atoms with Crippen LogP contribution in [0.3, 0.4) is 0 Å². The van der Waals surface area contributed by atoms with E-state index in [9.17, 15) is 40.7 Å². The summed E-state index contributed by atoms with van der Waals surface area (Å²) in [4.78, 5) is 32.2. The Morgan fingerprint density at radius 3 is 1.73 bits per heavy atom. The minimum atomic E-state index is -4.89. The topological polar surface area (TPSA) is 84.5 Å². The largest absolute Gasteiger partial charge is 1.00 e. The molecule has 0 fully saturated rings. The summed E-state index contributed by atoms with van der Waals surface area (Å²) in [5.41, 5.74) is 0.